The highest BCUT2D eigenvalue weighted by atomic mass is 32.1. The fourth-order valence-electron chi connectivity index (χ4n) is 3.60. The van der Waals surface area contributed by atoms with E-state index in [2.05, 4.69) is 20.3 Å². The average Bonchev–Trinajstić information content (AvgIpc) is 3.40. The Morgan fingerprint density at radius 3 is 2.71 bits per heavy atom. The molecule has 3 heterocycles. The Labute approximate surface area is 193 Å². The van der Waals surface area contributed by atoms with Gasteiger partial charge in [0.05, 0.1) is 40.3 Å². The van der Waals surface area contributed by atoms with Gasteiger partial charge in [0.25, 0.3) is 11.5 Å². The predicted octanol–water partition coefficient (Wildman–Crippen LogP) is 4.85. The average molecular weight is 485 g/mol. The highest BCUT2D eigenvalue weighted by Crippen LogP contribution is 2.32. The van der Waals surface area contributed by atoms with Gasteiger partial charge in [0.15, 0.2) is 4.77 Å². The van der Waals surface area contributed by atoms with Gasteiger partial charge >= 0.3 is 6.18 Å². The van der Waals surface area contributed by atoms with Crippen molar-refractivity contribution >= 4 is 46.0 Å². The number of hydrogen-bond acceptors (Lipinski definition) is 5. The summed E-state index contributed by atoms with van der Waals surface area (Å²) in [6, 6.07) is 10.9. The molecular weight excluding hydrogens is 471 g/mol. The Hall–Kier alpha value is -4.19. The van der Waals surface area contributed by atoms with Crippen LogP contribution in [-0.4, -0.2) is 25.4 Å². The summed E-state index contributed by atoms with van der Waals surface area (Å²) in [5.74, 6) is -0.0181. The van der Waals surface area contributed by atoms with Crippen molar-refractivity contribution in [2.75, 3.05) is 5.32 Å². The monoisotopic (exact) mass is 485 g/mol. The fourth-order valence-corrected chi connectivity index (χ4v) is 3.81. The number of benzene rings is 2. The molecule has 0 aliphatic rings. The number of fused-ring (bicyclic) bond motifs is 2. The molecule has 3 N–H and O–H groups in total. The molecule has 1 amide bonds. The van der Waals surface area contributed by atoms with Gasteiger partial charge in [0.1, 0.15) is 5.76 Å². The summed E-state index contributed by atoms with van der Waals surface area (Å²) in [6.07, 6.45) is -3.07. The highest BCUT2D eigenvalue weighted by molar-refractivity contribution is 7.71. The molecule has 3 aromatic heterocycles. The second kappa shape index (κ2) is 7.99. The fraction of sp³-hybridized carbons (Fsp3) is 0.0909. The molecule has 0 fully saturated rings. The minimum Gasteiger partial charge on any atom is -0.467 e. The molecule has 0 atom stereocenters. The van der Waals surface area contributed by atoms with Crippen LogP contribution in [-0.2, 0) is 12.7 Å². The number of nitrogens with one attached hydrogen (secondary N) is 3. The molecule has 0 radical (unpaired) electrons. The summed E-state index contributed by atoms with van der Waals surface area (Å²) in [7, 11) is 0. The van der Waals surface area contributed by atoms with Gasteiger partial charge in [-0.1, -0.05) is 0 Å². The van der Waals surface area contributed by atoms with Gasteiger partial charge in [-0.2, -0.15) is 13.2 Å². The number of alkyl halides is 3. The first kappa shape index (κ1) is 21.6. The van der Waals surface area contributed by atoms with E-state index in [9.17, 15) is 22.8 Å². The molecule has 8 nitrogen and oxygen atoms in total. The van der Waals surface area contributed by atoms with Crippen molar-refractivity contribution in [2.45, 2.75) is 12.7 Å². The maximum Gasteiger partial charge on any atom is 0.416 e. The van der Waals surface area contributed by atoms with Crippen LogP contribution in [0.4, 0.5) is 19.1 Å². The topological polar surface area (TPSA) is 109 Å². The van der Waals surface area contributed by atoms with Crippen LogP contribution < -0.4 is 10.9 Å². The first-order valence-electron chi connectivity index (χ1n) is 9.86. The Kier molecular flexibility index (Phi) is 5.09. The first-order chi connectivity index (χ1) is 16.2. The Morgan fingerprint density at radius 1 is 1.15 bits per heavy atom. The lowest BCUT2D eigenvalue weighted by atomic mass is 10.1. The lowest BCUT2D eigenvalue weighted by molar-refractivity contribution is -0.137. The van der Waals surface area contributed by atoms with Gasteiger partial charge in [-0.3, -0.25) is 19.9 Å². The van der Waals surface area contributed by atoms with E-state index in [1.54, 1.807) is 16.7 Å². The van der Waals surface area contributed by atoms with Crippen molar-refractivity contribution < 1.29 is 22.4 Å². The van der Waals surface area contributed by atoms with E-state index < -0.39 is 23.2 Å². The van der Waals surface area contributed by atoms with E-state index in [0.717, 1.165) is 12.1 Å². The largest absolute Gasteiger partial charge is 0.467 e. The molecule has 2 aromatic carbocycles. The quantitative estimate of drug-likeness (QED) is 0.316. The van der Waals surface area contributed by atoms with Crippen LogP contribution in [0, 0.1) is 4.77 Å². The number of rotatable bonds is 4. The normalized spacial score (nSPS) is 11.9. The number of aromatic amines is 2. The SMILES string of the molecule is O=C(Nc1nc2cc(C(F)(F)F)ccc2n1Cc1ccco1)c1ccc2c(=O)[nH]c(=S)[nH]c2c1. The number of amides is 1. The Bertz CT molecular complexity index is 1670. The number of halogens is 3. The van der Waals surface area contributed by atoms with E-state index in [0.29, 0.717) is 22.2 Å². The second-order valence-electron chi connectivity index (χ2n) is 7.42. The number of H-pyrrole nitrogens is 2. The summed E-state index contributed by atoms with van der Waals surface area (Å²) >= 11 is 4.97. The number of aromatic nitrogens is 4. The molecule has 34 heavy (non-hydrogen) atoms. The molecule has 12 heteroatoms. The van der Waals surface area contributed by atoms with Gasteiger partial charge in [0.2, 0.25) is 5.95 Å². The van der Waals surface area contributed by atoms with E-state index >= 15 is 0 Å². The molecule has 0 bridgehead atoms. The van der Waals surface area contributed by atoms with Gasteiger partial charge in [-0.15, -0.1) is 0 Å². The second-order valence-corrected chi connectivity index (χ2v) is 7.83. The van der Waals surface area contributed by atoms with Crippen molar-refractivity contribution in [3.63, 3.8) is 0 Å². The number of hydrogen-bond donors (Lipinski definition) is 3. The van der Waals surface area contributed by atoms with E-state index in [1.165, 1.54) is 30.5 Å². The van der Waals surface area contributed by atoms with E-state index in [-0.39, 0.29) is 28.3 Å². The number of carbonyl (C=O) groups excluding carboxylic acids is 1. The molecule has 0 aliphatic carbocycles. The molecule has 0 aliphatic heterocycles. The van der Waals surface area contributed by atoms with Crippen molar-refractivity contribution in [1.82, 2.24) is 19.5 Å². The van der Waals surface area contributed by atoms with Crippen LogP contribution in [0.3, 0.4) is 0 Å². The molecule has 5 rings (SSSR count). The zero-order valence-electron chi connectivity index (χ0n) is 17.1. The lowest BCUT2D eigenvalue weighted by Gasteiger charge is -2.10. The summed E-state index contributed by atoms with van der Waals surface area (Å²) in [5, 5.41) is 2.96. The van der Waals surface area contributed by atoms with E-state index in [4.69, 9.17) is 16.6 Å². The van der Waals surface area contributed by atoms with Crippen LogP contribution in [0.1, 0.15) is 21.7 Å². The van der Waals surface area contributed by atoms with Crippen molar-refractivity contribution in [3.8, 4) is 0 Å². The van der Waals surface area contributed by atoms with Crippen LogP contribution in [0.5, 0.6) is 0 Å². The third kappa shape index (κ3) is 3.99. The first-order valence-corrected chi connectivity index (χ1v) is 10.3. The maximum atomic E-state index is 13.2. The van der Waals surface area contributed by atoms with Crippen LogP contribution in [0.2, 0.25) is 0 Å². The summed E-state index contributed by atoms with van der Waals surface area (Å²) < 4.78 is 46.6. The van der Waals surface area contributed by atoms with E-state index in [1.807, 2.05) is 0 Å². The van der Waals surface area contributed by atoms with Gasteiger partial charge in [-0.25, -0.2) is 4.98 Å². The minimum atomic E-state index is -4.54. The highest BCUT2D eigenvalue weighted by Gasteiger charge is 2.31. The molecule has 0 spiro atoms. The van der Waals surface area contributed by atoms with Crippen LogP contribution in [0.25, 0.3) is 21.9 Å². The molecule has 5 aromatic rings. The van der Waals surface area contributed by atoms with Crippen LogP contribution in [0.15, 0.2) is 64.0 Å². The summed E-state index contributed by atoms with van der Waals surface area (Å²) in [5.41, 5.74) is -0.252. The van der Waals surface area contributed by atoms with Gasteiger partial charge in [0, 0.05) is 5.56 Å². The molecule has 172 valence electrons. The summed E-state index contributed by atoms with van der Waals surface area (Å²) in [6.45, 7) is 0.130. The molecular formula is C22H14F3N5O3S. The lowest BCUT2D eigenvalue weighted by Crippen LogP contribution is -2.17. The third-order valence-electron chi connectivity index (χ3n) is 5.20. The minimum absolute atomic E-state index is 0.0367. The zero-order valence-corrected chi connectivity index (χ0v) is 17.9. The standard InChI is InChI=1S/C22H14F3N5O3S/c23-22(24,25)12-4-6-17-16(9-12)26-20(30(17)10-13-2-1-7-33-13)28-18(31)11-3-5-14-15(8-11)27-21(34)29-19(14)32/h1-9H,10H2,(H,26,28,31)(H2,27,29,32,34). The zero-order chi connectivity index (χ0) is 24.0. The molecule has 0 unspecified atom stereocenters. The summed E-state index contributed by atoms with van der Waals surface area (Å²) in [4.78, 5) is 34.5. The Morgan fingerprint density at radius 2 is 1.97 bits per heavy atom. The van der Waals surface area contributed by atoms with Crippen molar-refractivity contribution in [1.29, 1.82) is 0 Å². The number of nitrogens with zero attached hydrogens (tertiary/aromatic N) is 2. The molecule has 0 saturated heterocycles. The van der Waals surface area contributed by atoms with Gasteiger partial charge < -0.3 is 14.0 Å². The van der Waals surface area contributed by atoms with Crippen molar-refractivity contribution in [3.05, 3.63) is 86.8 Å². The maximum absolute atomic E-state index is 13.2. The number of furan rings is 1. The molecule has 0 saturated carbocycles. The third-order valence-corrected chi connectivity index (χ3v) is 5.40. The van der Waals surface area contributed by atoms with Crippen LogP contribution >= 0.6 is 12.2 Å². The Balaban J connectivity index is 1.56. The predicted molar refractivity (Wildman–Crippen MR) is 120 cm³/mol. The number of imidazole rings is 1. The smallest absolute Gasteiger partial charge is 0.416 e. The van der Waals surface area contributed by atoms with Crippen molar-refractivity contribution in [2.24, 2.45) is 0 Å². The number of anilines is 1. The number of carbonyl (C=O) groups is 1. The van der Waals surface area contributed by atoms with Gasteiger partial charge in [-0.05, 0) is 60.7 Å².